The fourth-order valence-corrected chi connectivity index (χ4v) is 2.69. The molecule has 5 nitrogen and oxygen atoms in total. The third-order valence-electron chi connectivity index (χ3n) is 3.75. The van der Waals surface area contributed by atoms with Gasteiger partial charge in [-0.05, 0) is 24.1 Å². The zero-order valence-corrected chi connectivity index (χ0v) is 12.7. The van der Waals surface area contributed by atoms with Gasteiger partial charge in [-0.25, -0.2) is 0 Å². The Hall–Kier alpha value is -1.59. The highest BCUT2D eigenvalue weighted by Crippen LogP contribution is 2.15. The molecule has 0 saturated carbocycles. The number of aliphatic carboxylic acids is 1. The standard InChI is InChI=1S/C15H19ClN2O3/c1-2-13(15(20)21)17-7-8-18(14(19)10-17)9-11-3-5-12(16)6-4-11/h3-6,13H,2,7-10H2,1H3,(H,20,21)/t13-/m1/s1. The Morgan fingerprint density at radius 1 is 1.33 bits per heavy atom. The number of benzene rings is 1. The maximum Gasteiger partial charge on any atom is 0.320 e. The van der Waals surface area contributed by atoms with Crippen LogP contribution in [-0.4, -0.2) is 52.5 Å². The smallest absolute Gasteiger partial charge is 0.320 e. The van der Waals surface area contributed by atoms with Crippen molar-refractivity contribution in [3.8, 4) is 0 Å². The Labute approximate surface area is 129 Å². The summed E-state index contributed by atoms with van der Waals surface area (Å²) in [6, 6.07) is 6.82. The van der Waals surface area contributed by atoms with E-state index in [0.29, 0.717) is 31.1 Å². The van der Waals surface area contributed by atoms with Gasteiger partial charge in [-0.1, -0.05) is 30.7 Å². The second-order valence-corrected chi connectivity index (χ2v) is 5.61. The first-order valence-electron chi connectivity index (χ1n) is 7.00. The van der Waals surface area contributed by atoms with Crippen molar-refractivity contribution < 1.29 is 14.7 Å². The first-order valence-corrected chi connectivity index (χ1v) is 7.38. The zero-order valence-electron chi connectivity index (χ0n) is 12.0. The van der Waals surface area contributed by atoms with E-state index >= 15 is 0 Å². The molecule has 1 aliphatic rings. The monoisotopic (exact) mass is 310 g/mol. The van der Waals surface area contributed by atoms with E-state index in [1.165, 1.54) is 0 Å². The quantitative estimate of drug-likeness (QED) is 0.901. The summed E-state index contributed by atoms with van der Waals surface area (Å²) in [7, 11) is 0. The summed E-state index contributed by atoms with van der Waals surface area (Å²) in [6.07, 6.45) is 0.500. The number of rotatable bonds is 5. The number of carboxylic acid groups (broad SMARTS) is 1. The zero-order chi connectivity index (χ0) is 15.4. The third kappa shape index (κ3) is 3.95. The van der Waals surface area contributed by atoms with Gasteiger partial charge in [-0.3, -0.25) is 14.5 Å². The number of hydrogen-bond acceptors (Lipinski definition) is 3. The lowest BCUT2D eigenvalue weighted by Crippen LogP contribution is -2.54. The highest BCUT2D eigenvalue weighted by molar-refractivity contribution is 6.30. The van der Waals surface area contributed by atoms with Crippen molar-refractivity contribution in [1.29, 1.82) is 0 Å². The normalized spacial score (nSPS) is 17.8. The van der Waals surface area contributed by atoms with Crippen molar-refractivity contribution in [2.24, 2.45) is 0 Å². The highest BCUT2D eigenvalue weighted by Gasteiger charge is 2.31. The Morgan fingerprint density at radius 2 is 2.00 bits per heavy atom. The molecular formula is C15H19ClN2O3. The van der Waals surface area contributed by atoms with Crippen LogP contribution in [0.3, 0.4) is 0 Å². The van der Waals surface area contributed by atoms with Crippen molar-refractivity contribution in [3.05, 3.63) is 34.9 Å². The van der Waals surface area contributed by atoms with E-state index in [1.54, 1.807) is 21.9 Å². The molecule has 21 heavy (non-hydrogen) atoms. The van der Waals surface area contributed by atoms with Crippen LogP contribution in [0.4, 0.5) is 0 Å². The average Bonchev–Trinajstić information content (AvgIpc) is 2.44. The lowest BCUT2D eigenvalue weighted by Gasteiger charge is -2.37. The predicted molar refractivity (Wildman–Crippen MR) is 80.2 cm³/mol. The van der Waals surface area contributed by atoms with E-state index in [1.807, 2.05) is 19.1 Å². The molecule has 1 aromatic carbocycles. The molecule has 1 fully saturated rings. The fraction of sp³-hybridized carbons (Fsp3) is 0.467. The molecule has 1 amide bonds. The second kappa shape index (κ2) is 6.91. The van der Waals surface area contributed by atoms with E-state index in [-0.39, 0.29) is 12.5 Å². The van der Waals surface area contributed by atoms with Crippen LogP contribution in [0.25, 0.3) is 0 Å². The summed E-state index contributed by atoms with van der Waals surface area (Å²) in [4.78, 5) is 26.8. The third-order valence-corrected chi connectivity index (χ3v) is 4.00. The van der Waals surface area contributed by atoms with Gasteiger partial charge in [-0.15, -0.1) is 0 Å². The van der Waals surface area contributed by atoms with E-state index in [2.05, 4.69) is 0 Å². The van der Waals surface area contributed by atoms with Crippen molar-refractivity contribution in [2.75, 3.05) is 19.6 Å². The topological polar surface area (TPSA) is 60.9 Å². The number of piperazine rings is 1. The van der Waals surface area contributed by atoms with Crippen LogP contribution in [0.5, 0.6) is 0 Å². The van der Waals surface area contributed by atoms with E-state index < -0.39 is 12.0 Å². The molecule has 1 aromatic rings. The number of halogens is 1. The van der Waals surface area contributed by atoms with Gasteiger partial charge in [0.25, 0.3) is 0 Å². The molecule has 0 radical (unpaired) electrons. The van der Waals surface area contributed by atoms with Gasteiger partial charge in [0.05, 0.1) is 6.54 Å². The van der Waals surface area contributed by atoms with Gasteiger partial charge >= 0.3 is 5.97 Å². The largest absolute Gasteiger partial charge is 0.480 e. The number of carbonyl (C=O) groups excluding carboxylic acids is 1. The summed E-state index contributed by atoms with van der Waals surface area (Å²) in [5, 5.41) is 9.83. The molecule has 1 saturated heterocycles. The van der Waals surface area contributed by atoms with Crippen LogP contribution < -0.4 is 0 Å². The molecule has 0 bridgehead atoms. The summed E-state index contributed by atoms with van der Waals surface area (Å²) >= 11 is 5.84. The molecule has 1 heterocycles. The molecule has 2 rings (SSSR count). The molecule has 6 heteroatoms. The Morgan fingerprint density at radius 3 is 2.52 bits per heavy atom. The lowest BCUT2D eigenvalue weighted by molar-refractivity contribution is -0.147. The Balaban J connectivity index is 1.96. The molecular weight excluding hydrogens is 292 g/mol. The maximum absolute atomic E-state index is 12.2. The molecule has 1 aliphatic heterocycles. The number of nitrogens with zero attached hydrogens (tertiary/aromatic N) is 2. The first kappa shape index (κ1) is 15.8. The van der Waals surface area contributed by atoms with E-state index in [9.17, 15) is 9.59 Å². The lowest BCUT2D eigenvalue weighted by atomic mass is 10.1. The first-order chi connectivity index (χ1) is 10.0. The summed E-state index contributed by atoms with van der Waals surface area (Å²) < 4.78 is 0. The predicted octanol–water partition coefficient (Wildman–Crippen LogP) is 1.85. The number of carboxylic acids is 1. The van der Waals surface area contributed by atoms with Crippen LogP contribution in [0.1, 0.15) is 18.9 Å². The van der Waals surface area contributed by atoms with E-state index in [4.69, 9.17) is 16.7 Å². The number of amides is 1. The van der Waals surface area contributed by atoms with Crippen LogP contribution >= 0.6 is 11.6 Å². The van der Waals surface area contributed by atoms with Gasteiger partial charge in [0.1, 0.15) is 6.04 Å². The molecule has 0 spiro atoms. The van der Waals surface area contributed by atoms with Crippen LogP contribution in [0.15, 0.2) is 24.3 Å². The van der Waals surface area contributed by atoms with Crippen LogP contribution in [0, 0.1) is 0 Å². The summed E-state index contributed by atoms with van der Waals surface area (Å²) in [5.74, 6) is -0.896. The fourth-order valence-electron chi connectivity index (χ4n) is 2.56. The summed E-state index contributed by atoms with van der Waals surface area (Å²) in [6.45, 7) is 3.66. The summed E-state index contributed by atoms with van der Waals surface area (Å²) in [5.41, 5.74) is 1.02. The second-order valence-electron chi connectivity index (χ2n) is 5.17. The SMILES string of the molecule is CC[C@H](C(=O)O)N1CCN(Cc2ccc(Cl)cc2)C(=O)C1. The van der Waals surface area contributed by atoms with E-state index in [0.717, 1.165) is 5.56 Å². The van der Waals surface area contributed by atoms with Crippen molar-refractivity contribution in [1.82, 2.24) is 9.80 Å². The van der Waals surface area contributed by atoms with Gasteiger partial charge < -0.3 is 10.0 Å². The van der Waals surface area contributed by atoms with Crippen LogP contribution in [0.2, 0.25) is 5.02 Å². The van der Waals surface area contributed by atoms with Gasteiger partial charge in [0.15, 0.2) is 0 Å². The molecule has 0 aromatic heterocycles. The maximum atomic E-state index is 12.2. The molecule has 1 N–H and O–H groups in total. The van der Waals surface area contributed by atoms with Gasteiger partial charge in [0.2, 0.25) is 5.91 Å². The highest BCUT2D eigenvalue weighted by atomic mass is 35.5. The van der Waals surface area contributed by atoms with Crippen molar-refractivity contribution in [3.63, 3.8) is 0 Å². The molecule has 114 valence electrons. The minimum absolute atomic E-state index is 0.0316. The number of carbonyl (C=O) groups is 2. The van der Waals surface area contributed by atoms with Crippen molar-refractivity contribution in [2.45, 2.75) is 25.9 Å². The van der Waals surface area contributed by atoms with Crippen LogP contribution in [-0.2, 0) is 16.1 Å². The minimum Gasteiger partial charge on any atom is -0.480 e. The molecule has 0 aliphatic carbocycles. The van der Waals surface area contributed by atoms with Gasteiger partial charge in [-0.2, -0.15) is 0 Å². The minimum atomic E-state index is -0.864. The van der Waals surface area contributed by atoms with Gasteiger partial charge in [0, 0.05) is 24.7 Å². The van der Waals surface area contributed by atoms with Crippen molar-refractivity contribution >= 4 is 23.5 Å². The Bertz CT molecular complexity index is 518. The molecule has 1 atom stereocenters. The Kier molecular flexibility index (Phi) is 5.20. The number of hydrogen-bond donors (Lipinski definition) is 1. The molecule has 0 unspecified atom stereocenters. The average molecular weight is 311 g/mol.